The van der Waals surface area contributed by atoms with Crippen molar-refractivity contribution in [3.05, 3.63) is 59.1 Å². The van der Waals surface area contributed by atoms with Crippen molar-refractivity contribution in [2.24, 2.45) is 0 Å². The van der Waals surface area contributed by atoms with Crippen LogP contribution in [0.1, 0.15) is 27.5 Å². The molecule has 158 valence electrons. The van der Waals surface area contributed by atoms with E-state index in [1.165, 1.54) is 24.3 Å². The van der Waals surface area contributed by atoms with Crippen LogP contribution >= 0.6 is 0 Å². The summed E-state index contributed by atoms with van der Waals surface area (Å²) in [5.41, 5.74) is 2.09. The number of hydrogen-bond donors (Lipinski definition) is 1. The molecule has 2 aromatic heterocycles. The number of nitrogens with zero attached hydrogens (tertiary/aromatic N) is 2. The maximum atomic E-state index is 12.5. The first kappa shape index (κ1) is 21.3. The van der Waals surface area contributed by atoms with Crippen LogP contribution in [0.15, 0.2) is 45.8 Å². The molecule has 2 heterocycles. The molecule has 30 heavy (non-hydrogen) atoms. The van der Waals surface area contributed by atoms with Gasteiger partial charge in [0.1, 0.15) is 5.76 Å². The van der Waals surface area contributed by atoms with Crippen molar-refractivity contribution in [3.8, 4) is 5.82 Å². The van der Waals surface area contributed by atoms with Crippen molar-refractivity contribution in [1.29, 1.82) is 0 Å². The Balaban J connectivity index is 1.64. The van der Waals surface area contributed by atoms with Crippen LogP contribution in [-0.4, -0.2) is 42.9 Å². The normalized spacial score (nSPS) is 11.3. The molecular formula is C20H21N3O6S. The van der Waals surface area contributed by atoms with E-state index in [1.54, 1.807) is 30.5 Å². The fourth-order valence-electron chi connectivity index (χ4n) is 2.97. The van der Waals surface area contributed by atoms with Crippen molar-refractivity contribution in [1.82, 2.24) is 9.72 Å². The number of aromatic nitrogens is 2. The zero-order chi connectivity index (χ0) is 22.1. The number of aryl methyl sites for hydroxylation is 2. The highest BCUT2D eigenvalue weighted by molar-refractivity contribution is 7.90. The topological polar surface area (TPSA) is 120 Å². The lowest BCUT2D eigenvalue weighted by atomic mass is 10.2. The summed E-state index contributed by atoms with van der Waals surface area (Å²) in [4.78, 5) is 24.7. The van der Waals surface area contributed by atoms with Gasteiger partial charge in [-0.25, -0.2) is 13.2 Å². The van der Waals surface area contributed by atoms with Crippen LogP contribution in [0.25, 0.3) is 5.82 Å². The van der Waals surface area contributed by atoms with Gasteiger partial charge in [0, 0.05) is 29.4 Å². The van der Waals surface area contributed by atoms with Crippen molar-refractivity contribution in [3.63, 3.8) is 0 Å². The molecule has 3 aromatic rings. The first-order chi connectivity index (χ1) is 14.1. The van der Waals surface area contributed by atoms with E-state index in [0.29, 0.717) is 28.5 Å². The van der Waals surface area contributed by atoms with Crippen molar-refractivity contribution < 1.29 is 27.3 Å². The summed E-state index contributed by atoms with van der Waals surface area (Å²) in [6, 6.07) is 9.10. The average Bonchev–Trinajstić information content (AvgIpc) is 3.21. The molecule has 1 amide bonds. The third-order valence-electron chi connectivity index (χ3n) is 4.40. The van der Waals surface area contributed by atoms with E-state index in [2.05, 4.69) is 10.5 Å². The monoisotopic (exact) mass is 431 g/mol. The summed E-state index contributed by atoms with van der Waals surface area (Å²) in [6.07, 6.45) is 1.10. The van der Waals surface area contributed by atoms with Gasteiger partial charge in [0.05, 0.1) is 10.5 Å². The number of carbonyl (C=O) groups excluding carboxylic acids is 2. The first-order valence-corrected chi connectivity index (χ1v) is 10.8. The molecule has 1 N–H and O–H groups in total. The van der Waals surface area contributed by atoms with E-state index >= 15 is 0 Å². The van der Waals surface area contributed by atoms with Crippen LogP contribution in [-0.2, 0) is 19.4 Å². The highest BCUT2D eigenvalue weighted by atomic mass is 32.2. The van der Waals surface area contributed by atoms with Crippen molar-refractivity contribution >= 4 is 27.4 Å². The molecule has 0 fully saturated rings. The minimum atomic E-state index is -3.32. The molecule has 0 spiro atoms. The fraction of sp³-hybridized carbons (Fsp3) is 0.250. The summed E-state index contributed by atoms with van der Waals surface area (Å²) >= 11 is 0. The quantitative estimate of drug-likeness (QED) is 0.596. The van der Waals surface area contributed by atoms with E-state index in [1.807, 2.05) is 6.92 Å². The highest BCUT2D eigenvalue weighted by Gasteiger charge is 2.20. The van der Waals surface area contributed by atoms with E-state index in [4.69, 9.17) is 9.26 Å². The van der Waals surface area contributed by atoms with Crippen LogP contribution in [0.4, 0.5) is 5.69 Å². The lowest BCUT2D eigenvalue weighted by Crippen LogP contribution is -2.21. The lowest BCUT2D eigenvalue weighted by molar-refractivity contribution is -0.119. The Labute approximate surface area is 173 Å². The average molecular weight is 431 g/mol. The molecule has 9 nitrogen and oxygen atoms in total. The van der Waals surface area contributed by atoms with E-state index in [-0.39, 0.29) is 4.90 Å². The fourth-order valence-corrected chi connectivity index (χ4v) is 3.60. The molecule has 0 unspecified atom stereocenters. The Morgan fingerprint density at radius 3 is 2.37 bits per heavy atom. The number of rotatable bonds is 6. The summed E-state index contributed by atoms with van der Waals surface area (Å²) in [6.45, 7) is 4.85. The predicted octanol–water partition coefficient (Wildman–Crippen LogP) is 2.59. The molecular weight excluding hydrogens is 410 g/mol. The molecule has 0 saturated heterocycles. The van der Waals surface area contributed by atoms with Gasteiger partial charge in [-0.1, -0.05) is 5.16 Å². The molecule has 0 saturated carbocycles. The second-order valence-corrected chi connectivity index (χ2v) is 8.85. The van der Waals surface area contributed by atoms with Gasteiger partial charge in [-0.3, -0.25) is 9.36 Å². The zero-order valence-electron chi connectivity index (χ0n) is 16.9. The smallest absolute Gasteiger partial charge is 0.340 e. The number of carbonyl (C=O) groups is 2. The summed E-state index contributed by atoms with van der Waals surface area (Å²) < 4.78 is 34.9. The molecule has 0 aliphatic rings. The van der Waals surface area contributed by atoms with Crippen LogP contribution in [0.3, 0.4) is 0 Å². The van der Waals surface area contributed by atoms with E-state index < -0.39 is 28.3 Å². The molecule has 0 aliphatic carbocycles. The zero-order valence-corrected chi connectivity index (χ0v) is 17.7. The summed E-state index contributed by atoms with van der Waals surface area (Å²) in [5, 5.41) is 6.51. The van der Waals surface area contributed by atoms with Gasteiger partial charge in [0.25, 0.3) is 5.91 Å². The number of benzene rings is 1. The minimum absolute atomic E-state index is 0.143. The molecule has 1 aromatic carbocycles. The standard InChI is InChI=1S/C20H21N3O6S/c1-12-9-17(14(3)23(12)18-10-13(2)29-22-18)20(25)28-11-19(24)21-15-5-7-16(8-6-15)30(4,26)27/h5-10H,11H2,1-4H3,(H,21,24). The molecule has 0 bridgehead atoms. The number of ether oxygens (including phenoxy) is 1. The van der Waals surface area contributed by atoms with Gasteiger partial charge in [-0.05, 0) is 51.1 Å². The molecule has 0 aliphatic heterocycles. The Bertz CT molecular complexity index is 1210. The van der Waals surface area contributed by atoms with E-state index in [0.717, 1.165) is 11.9 Å². The third kappa shape index (κ3) is 4.60. The van der Waals surface area contributed by atoms with Gasteiger partial charge in [-0.15, -0.1) is 0 Å². The Morgan fingerprint density at radius 1 is 1.13 bits per heavy atom. The molecule has 10 heteroatoms. The maximum Gasteiger partial charge on any atom is 0.340 e. The minimum Gasteiger partial charge on any atom is -0.452 e. The maximum absolute atomic E-state index is 12.5. The number of hydrogen-bond acceptors (Lipinski definition) is 7. The number of nitrogens with one attached hydrogen (secondary N) is 1. The van der Waals surface area contributed by atoms with Crippen LogP contribution in [0, 0.1) is 20.8 Å². The number of esters is 1. The van der Waals surface area contributed by atoms with Gasteiger partial charge in [-0.2, -0.15) is 0 Å². The second kappa shape index (κ2) is 8.15. The third-order valence-corrected chi connectivity index (χ3v) is 5.52. The van der Waals surface area contributed by atoms with Gasteiger partial charge in [0.15, 0.2) is 22.3 Å². The number of sulfone groups is 1. The summed E-state index contributed by atoms with van der Waals surface area (Å²) in [7, 11) is -3.32. The van der Waals surface area contributed by atoms with Gasteiger partial charge in [0.2, 0.25) is 0 Å². The van der Waals surface area contributed by atoms with Crippen molar-refractivity contribution in [2.45, 2.75) is 25.7 Å². The second-order valence-electron chi connectivity index (χ2n) is 6.84. The van der Waals surface area contributed by atoms with Gasteiger partial charge < -0.3 is 14.6 Å². The lowest BCUT2D eigenvalue weighted by Gasteiger charge is -2.08. The highest BCUT2D eigenvalue weighted by Crippen LogP contribution is 2.21. The largest absolute Gasteiger partial charge is 0.452 e. The predicted molar refractivity (Wildman–Crippen MR) is 109 cm³/mol. The van der Waals surface area contributed by atoms with Crippen LogP contribution < -0.4 is 5.32 Å². The molecule has 0 atom stereocenters. The van der Waals surface area contributed by atoms with E-state index in [9.17, 15) is 18.0 Å². The Kier molecular flexibility index (Phi) is 5.79. The SMILES string of the molecule is Cc1cc(-n2c(C)cc(C(=O)OCC(=O)Nc3ccc(S(C)(=O)=O)cc3)c2C)no1. The van der Waals surface area contributed by atoms with Crippen LogP contribution in [0.2, 0.25) is 0 Å². The Hall–Kier alpha value is -3.40. The first-order valence-electron chi connectivity index (χ1n) is 8.96. The summed E-state index contributed by atoms with van der Waals surface area (Å²) in [5.74, 6) is 0.00762. The Morgan fingerprint density at radius 2 is 1.80 bits per heavy atom. The molecule has 3 rings (SSSR count). The number of amides is 1. The molecule has 0 radical (unpaired) electrons. The van der Waals surface area contributed by atoms with Gasteiger partial charge >= 0.3 is 5.97 Å². The van der Waals surface area contributed by atoms with Crippen LogP contribution in [0.5, 0.6) is 0 Å². The van der Waals surface area contributed by atoms with Crippen molar-refractivity contribution in [2.75, 3.05) is 18.2 Å². The number of anilines is 1.